The van der Waals surface area contributed by atoms with Crippen LogP contribution in [0.3, 0.4) is 0 Å². The Labute approximate surface area is 172 Å². The van der Waals surface area contributed by atoms with E-state index in [9.17, 15) is 4.79 Å². The van der Waals surface area contributed by atoms with Crippen LogP contribution in [0.25, 0.3) is 0 Å². The molecule has 4 rings (SSSR count). The number of nitrogens with zero attached hydrogens (tertiary/aromatic N) is 3. The van der Waals surface area contributed by atoms with E-state index in [0.717, 1.165) is 49.8 Å². The number of nitrogens with one attached hydrogen (secondary N) is 1. The maximum absolute atomic E-state index is 12.5. The van der Waals surface area contributed by atoms with Gasteiger partial charge in [0.25, 0.3) is 5.91 Å². The summed E-state index contributed by atoms with van der Waals surface area (Å²) in [6.07, 6.45) is 1.66. The third-order valence-corrected chi connectivity index (χ3v) is 5.23. The van der Waals surface area contributed by atoms with Crippen molar-refractivity contribution in [2.45, 2.75) is 13.5 Å². The van der Waals surface area contributed by atoms with Crippen molar-refractivity contribution in [3.63, 3.8) is 0 Å². The lowest BCUT2D eigenvalue weighted by Gasteiger charge is -2.35. The average molecular weight is 386 g/mol. The number of aryl methyl sites for hydroxylation is 1. The minimum atomic E-state index is -0.137. The van der Waals surface area contributed by atoms with Crippen molar-refractivity contribution in [1.29, 1.82) is 0 Å². The van der Waals surface area contributed by atoms with Gasteiger partial charge in [0.05, 0.1) is 5.56 Å². The molecule has 1 amide bonds. The molecule has 0 spiro atoms. The van der Waals surface area contributed by atoms with Gasteiger partial charge in [-0.3, -0.25) is 9.69 Å². The number of hydrogen-bond donors (Lipinski definition) is 1. The highest BCUT2D eigenvalue weighted by atomic mass is 16.1. The van der Waals surface area contributed by atoms with Gasteiger partial charge in [0.15, 0.2) is 0 Å². The predicted molar refractivity (Wildman–Crippen MR) is 117 cm³/mol. The Balaban J connectivity index is 1.32. The summed E-state index contributed by atoms with van der Waals surface area (Å²) in [6.45, 7) is 6.88. The van der Waals surface area contributed by atoms with E-state index in [1.807, 2.05) is 43.3 Å². The topological polar surface area (TPSA) is 48.5 Å². The summed E-state index contributed by atoms with van der Waals surface area (Å²) in [5, 5.41) is 2.93. The van der Waals surface area contributed by atoms with Gasteiger partial charge in [-0.1, -0.05) is 42.5 Å². The van der Waals surface area contributed by atoms with E-state index >= 15 is 0 Å². The first-order valence-corrected chi connectivity index (χ1v) is 10.0. The molecule has 0 saturated carbocycles. The van der Waals surface area contributed by atoms with Crippen LogP contribution < -0.4 is 10.2 Å². The summed E-state index contributed by atoms with van der Waals surface area (Å²) < 4.78 is 0. The molecule has 0 radical (unpaired) electrons. The molecule has 0 unspecified atom stereocenters. The van der Waals surface area contributed by atoms with E-state index in [0.29, 0.717) is 5.56 Å². The molecular formula is C24H26N4O. The van der Waals surface area contributed by atoms with Crippen LogP contribution in [-0.2, 0) is 6.54 Å². The largest absolute Gasteiger partial charge is 0.354 e. The molecule has 1 aliphatic rings. The van der Waals surface area contributed by atoms with Gasteiger partial charge < -0.3 is 10.2 Å². The van der Waals surface area contributed by atoms with Crippen molar-refractivity contribution in [2.75, 3.05) is 36.4 Å². The highest BCUT2D eigenvalue weighted by molar-refractivity contribution is 6.04. The maximum Gasteiger partial charge on any atom is 0.257 e. The third kappa shape index (κ3) is 5.00. The van der Waals surface area contributed by atoms with E-state index < -0.39 is 0 Å². The molecule has 5 heteroatoms. The SMILES string of the molecule is Cc1cccc(NC(=O)c2ccc(N3CCN(Cc4ccccc4)CC3)nc2)c1. The van der Waals surface area contributed by atoms with Crippen LogP contribution in [-0.4, -0.2) is 42.0 Å². The molecule has 1 saturated heterocycles. The number of pyridine rings is 1. The molecule has 0 aliphatic carbocycles. The fourth-order valence-electron chi connectivity index (χ4n) is 3.61. The van der Waals surface area contributed by atoms with Gasteiger partial charge in [0.1, 0.15) is 5.82 Å². The summed E-state index contributed by atoms with van der Waals surface area (Å²) in [5.74, 6) is 0.791. The Bertz CT molecular complexity index is 948. The highest BCUT2D eigenvalue weighted by Crippen LogP contribution is 2.17. The zero-order chi connectivity index (χ0) is 20.1. The Morgan fingerprint density at radius 1 is 0.966 bits per heavy atom. The summed E-state index contributed by atoms with van der Waals surface area (Å²) in [5.41, 5.74) is 3.83. The highest BCUT2D eigenvalue weighted by Gasteiger charge is 2.18. The Morgan fingerprint density at radius 2 is 1.76 bits per heavy atom. The monoisotopic (exact) mass is 386 g/mol. The molecule has 1 fully saturated rings. The van der Waals surface area contributed by atoms with Crippen molar-refractivity contribution in [1.82, 2.24) is 9.88 Å². The van der Waals surface area contributed by atoms with Crippen molar-refractivity contribution < 1.29 is 4.79 Å². The van der Waals surface area contributed by atoms with Gasteiger partial charge in [0.2, 0.25) is 0 Å². The van der Waals surface area contributed by atoms with Crippen LogP contribution in [0.2, 0.25) is 0 Å². The van der Waals surface area contributed by atoms with Crippen LogP contribution >= 0.6 is 0 Å². The number of rotatable bonds is 5. The lowest BCUT2D eigenvalue weighted by atomic mass is 10.2. The normalized spacial score (nSPS) is 14.6. The van der Waals surface area contributed by atoms with Gasteiger partial charge >= 0.3 is 0 Å². The van der Waals surface area contributed by atoms with E-state index in [4.69, 9.17) is 0 Å². The lowest BCUT2D eigenvalue weighted by Crippen LogP contribution is -2.46. The van der Waals surface area contributed by atoms with Gasteiger partial charge in [-0.2, -0.15) is 0 Å². The maximum atomic E-state index is 12.5. The van der Waals surface area contributed by atoms with Gasteiger partial charge in [-0.05, 0) is 42.3 Å². The fraction of sp³-hybridized carbons (Fsp3) is 0.250. The second-order valence-corrected chi connectivity index (χ2v) is 7.48. The quantitative estimate of drug-likeness (QED) is 0.721. The molecule has 1 aliphatic heterocycles. The standard InChI is InChI=1S/C24H26N4O/c1-19-6-5-9-22(16-19)26-24(29)21-10-11-23(25-17-21)28-14-12-27(13-15-28)18-20-7-3-2-4-8-20/h2-11,16-17H,12-15,18H2,1H3,(H,26,29). The summed E-state index contributed by atoms with van der Waals surface area (Å²) in [6, 6.07) is 22.2. The van der Waals surface area contributed by atoms with Gasteiger partial charge in [0, 0.05) is 44.6 Å². The van der Waals surface area contributed by atoms with Crippen molar-refractivity contribution in [2.24, 2.45) is 0 Å². The first-order valence-electron chi connectivity index (χ1n) is 10.0. The number of carbonyl (C=O) groups is 1. The van der Waals surface area contributed by atoms with Crippen LogP contribution in [0.15, 0.2) is 72.9 Å². The number of carbonyl (C=O) groups excluding carboxylic acids is 1. The second kappa shape index (κ2) is 8.88. The molecule has 29 heavy (non-hydrogen) atoms. The number of piperazine rings is 1. The number of aromatic nitrogens is 1. The van der Waals surface area contributed by atoms with Crippen molar-refractivity contribution in [3.05, 3.63) is 89.6 Å². The number of amides is 1. The van der Waals surface area contributed by atoms with E-state index in [-0.39, 0.29) is 5.91 Å². The summed E-state index contributed by atoms with van der Waals surface area (Å²) in [4.78, 5) is 21.7. The van der Waals surface area contributed by atoms with Gasteiger partial charge in [-0.15, -0.1) is 0 Å². The molecule has 2 aromatic carbocycles. The molecule has 148 valence electrons. The summed E-state index contributed by atoms with van der Waals surface area (Å²) >= 11 is 0. The zero-order valence-electron chi connectivity index (χ0n) is 16.7. The molecule has 3 aromatic rings. The molecule has 5 nitrogen and oxygen atoms in total. The second-order valence-electron chi connectivity index (χ2n) is 7.48. The van der Waals surface area contributed by atoms with Crippen LogP contribution in [0.1, 0.15) is 21.5 Å². The molecule has 0 bridgehead atoms. The minimum absolute atomic E-state index is 0.137. The van der Waals surface area contributed by atoms with Crippen LogP contribution in [0.4, 0.5) is 11.5 Å². The first-order chi connectivity index (χ1) is 14.2. The van der Waals surface area contributed by atoms with Crippen LogP contribution in [0, 0.1) is 6.92 Å². The van der Waals surface area contributed by atoms with Crippen molar-refractivity contribution in [3.8, 4) is 0 Å². The molecular weight excluding hydrogens is 360 g/mol. The number of anilines is 2. The fourth-order valence-corrected chi connectivity index (χ4v) is 3.61. The van der Waals surface area contributed by atoms with E-state index in [1.165, 1.54) is 5.56 Å². The molecule has 2 heterocycles. The third-order valence-electron chi connectivity index (χ3n) is 5.23. The zero-order valence-corrected chi connectivity index (χ0v) is 16.7. The number of benzene rings is 2. The van der Waals surface area contributed by atoms with Gasteiger partial charge in [-0.25, -0.2) is 4.98 Å². The van der Waals surface area contributed by atoms with E-state index in [2.05, 4.69) is 50.4 Å². The minimum Gasteiger partial charge on any atom is -0.354 e. The average Bonchev–Trinajstić information content (AvgIpc) is 2.75. The Kier molecular flexibility index (Phi) is 5.86. The smallest absolute Gasteiger partial charge is 0.257 e. The van der Waals surface area contributed by atoms with E-state index in [1.54, 1.807) is 6.20 Å². The molecule has 0 atom stereocenters. The molecule has 1 aromatic heterocycles. The number of hydrogen-bond acceptors (Lipinski definition) is 4. The Hall–Kier alpha value is -3.18. The summed E-state index contributed by atoms with van der Waals surface area (Å²) in [7, 11) is 0. The Morgan fingerprint density at radius 3 is 2.45 bits per heavy atom. The molecule has 1 N–H and O–H groups in total. The lowest BCUT2D eigenvalue weighted by molar-refractivity contribution is 0.102. The predicted octanol–water partition coefficient (Wildman–Crippen LogP) is 3.96. The van der Waals surface area contributed by atoms with Crippen molar-refractivity contribution >= 4 is 17.4 Å². The van der Waals surface area contributed by atoms with Crippen LogP contribution in [0.5, 0.6) is 0 Å². The first kappa shape index (κ1) is 19.2.